The summed E-state index contributed by atoms with van der Waals surface area (Å²) in [5.41, 5.74) is -0.215. The van der Waals surface area contributed by atoms with Gasteiger partial charge in [0, 0.05) is 12.6 Å². The van der Waals surface area contributed by atoms with Gasteiger partial charge < -0.3 is 14.4 Å². The first-order valence-electron chi connectivity index (χ1n) is 7.64. The summed E-state index contributed by atoms with van der Waals surface area (Å²) in [5, 5.41) is 0. The van der Waals surface area contributed by atoms with Gasteiger partial charge in [0.2, 0.25) is 5.91 Å². The van der Waals surface area contributed by atoms with E-state index in [1.54, 1.807) is 4.90 Å². The van der Waals surface area contributed by atoms with E-state index in [9.17, 15) is 18.0 Å². The molecule has 0 aromatic heterocycles. The molecule has 0 aromatic carbocycles. The number of morpholine rings is 1. The Balaban J connectivity index is 1.77. The van der Waals surface area contributed by atoms with Crippen LogP contribution in [0, 0.1) is 0 Å². The molecule has 0 radical (unpaired) electrons. The third-order valence-electron chi connectivity index (χ3n) is 4.07. The predicted octanol–water partition coefficient (Wildman–Crippen LogP) is 2.68. The second kappa shape index (κ2) is 7.46. The van der Waals surface area contributed by atoms with Crippen molar-refractivity contribution < 1.29 is 27.4 Å². The highest BCUT2D eigenvalue weighted by Gasteiger charge is 2.38. The Morgan fingerprint density at radius 2 is 2.00 bits per heavy atom. The first-order valence-corrected chi connectivity index (χ1v) is 7.64. The predicted molar refractivity (Wildman–Crippen MR) is 74.4 cm³/mol. The standard InChI is InChI=1S/C15H22F3NO3/c16-15(17,18)12-21-9-4-5-13(20)19-8-10-22-14(11-19)6-2-1-3-7-14/h4-5H,1-3,6-12H2/b5-4+. The van der Waals surface area contributed by atoms with Gasteiger partial charge in [0.1, 0.15) is 6.61 Å². The van der Waals surface area contributed by atoms with E-state index in [2.05, 4.69) is 4.74 Å². The molecule has 2 aliphatic rings. The fraction of sp³-hybridized carbons (Fsp3) is 0.800. The van der Waals surface area contributed by atoms with E-state index >= 15 is 0 Å². The molecular formula is C15H22F3NO3. The summed E-state index contributed by atoms with van der Waals surface area (Å²) in [6.45, 7) is 0.0883. The minimum absolute atomic E-state index is 0.191. The summed E-state index contributed by atoms with van der Waals surface area (Å²) in [6.07, 6.45) is 3.65. The summed E-state index contributed by atoms with van der Waals surface area (Å²) >= 11 is 0. The Bertz CT molecular complexity index is 398. The molecule has 2 rings (SSSR count). The fourth-order valence-corrected chi connectivity index (χ4v) is 3.03. The molecule has 1 aliphatic carbocycles. The van der Waals surface area contributed by atoms with E-state index in [0.29, 0.717) is 19.7 Å². The highest BCUT2D eigenvalue weighted by Crippen LogP contribution is 2.34. The Morgan fingerprint density at radius 3 is 2.68 bits per heavy atom. The van der Waals surface area contributed by atoms with Gasteiger partial charge in [-0.3, -0.25) is 4.79 Å². The van der Waals surface area contributed by atoms with E-state index in [4.69, 9.17) is 4.74 Å². The minimum atomic E-state index is -4.34. The first-order chi connectivity index (χ1) is 10.4. The van der Waals surface area contributed by atoms with E-state index in [1.165, 1.54) is 18.6 Å². The lowest BCUT2D eigenvalue weighted by Crippen LogP contribution is -2.54. The fourth-order valence-electron chi connectivity index (χ4n) is 3.03. The monoisotopic (exact) mass is 321 g/mol. The van der Waals surface area contributed by atoms with Gasteiger partial charge >= 0.3 is 6.18 Å². The van der Waals surface area contributed by atoms with Crippen LogP contribution in [0.5, 0.6) is 0 Å². The van der Waals surface area contributed by atoms with Gasteiger partial charge in [0.25, 0.3) is 0 Å². The van der Waals surface area contributed by atoms with Crippen LogP contribution in [0.3, 0.4) is 0 Å². The quantitative estimate of drug-likeness (QED) is 0.590. The van der Waals surface area contributed by atoms with E-state index < -0.39 is 12.8 Å². The van der Waals surface area contributed by atoms with Gasteiger partial charge in [-0.15, -0.1) is 0 Å². The highest BCUT2D eigenvalue weighted by atomic mass is 19.4. The average Bonchev–Trinajstić information content (AvgIpc) is 2.46. The number of hydrogen-bond acceptors (Lipinski definition) is 3. The van der Waals surface area contributed by atoms with Crippen molar-refractivity contribution in [3.05, 3.63) is 12.2 Å². The number of carbonyl (C=O) groups is 1. The SMILES string of the molecule is O=C(/C=C/COCC(F)(F)F)N1CCOC2(CCCCC2)C1. The molecule has 0 bridgehead atoms. The number of ether oxygens (including phenoxy) is 2. The second-order valence-electron chi connectivity index (χ2n) is 5.88. The molecule has 0 N–H and O–H groups in total. The van der Waals surface area contributed by atoms with Crippen LogP contribution < -0.4 is 0 Å². The van der Waals surface area contributed by atoms with Crippen molar-refractivity contribution in [1.29, 1.82) is 0 Å². The third kappa shape index (κ3) is 5.28. The molecule has 0 aromatic rings. The Morgan fingerprint density at radius 1 is 1.27 bits per heavy atom. The van der Waals surface area contributed by atoms with Crippen LogP contribution in [0.4, 0.5) is 13.2 Å². The largest absolute Gasteiger partial charge is 0.411 e. The molecule has 0 unspecified atom stereocenters. The van der Waals surface area contributed by atoms with Crippen LogP contribution >= 0.6 is 0 Å². The maximum atomic E-state index is 12.1. The molecular weight excluding hydrogens is 299 g/mol. The molecule has 1 aliphatic heterocycles. The molecule has 1 amide bonds. The zero-order chi connectivity index (χ0) is 16.1. The summed E-state index contributed by atoms with van der Waals surface area (Å²) in [7, 11) is 0. The first kappa shape index (κ1) is 17.3. The Hall–Kier alpha value is -1.08. The topological polar surface area (TPSA) is 38.8 Å². The van der Waals surface area contributed by atoms with Crippen molar-refractivity contribution >= 4 is 5.91 Å². The molecule has 126 valence electrons. The average molecular weight is 321 g/mol. The van der Waals surface area contributed by atoms with E-state index in [0.717, 1.165) is 25.7 Å². The summed E-state index contributed by atoms with van der Waals surface area (Å²) < 4.78 is 46.0. The van der Waals surface area contributed by atoms with Crippen molar-refractivity contribution in [1.82, 2.24) is 4.90 Å². The van der Waals surface area contributed by atoms with Crippen molar-refractivity contribution in [3.63, 3.8) is 0 Å². The number of amides is 1. The normalized spacial score (nSPS) is 22.4. The lowest BCUT2D eigenvalue weighted by atomic mass is 9.83. The summed E-state index contributed by atoms with van der Waals surface area (Å²) in [5.74, 6) is -0.191. The minimum Gasteiger partial charge on any atom is -0.371 e. The van der Waals surface area contributed by atoms with Gasteiger partial charge in [-0.2, -0.15) is 13.2 Å². The van der Waals surface area contributed by atoms with Crippen LogP contribution in [-0.4, -0.2) is 55.5 Å². The lowest BCUT2D eigenvalue weighted by molar-refractivity contribution is -0.171. The molecule has 4 nitrogen and oxygen atoms in total. The van der Waals surface area contributed by atoms with Crippen LogP contribution in [0.1, 0.15) is 32.1 Å². The van der Waals surface area contributed by atoms with E-state index in [-0.39, 0.29) is 18.1 Å². The van der Waals surface area contributed by atoms with Gasteiger partial charge in [0.15, 0.2) is 0 Å². The van der Waals surface area contributed by atoms with Crippen molar-refractivity contribution in [2.24, 2.45) is 0 Å². The molecule has 1 saturated carbocycles. The highest BCUT2D eigenvalue weighted by molar-refractivity contribution is 5.87. The van der Waals surface area contributed by atoms with Gasteiger partial charge in [0.05, 0.1) is 25.4 Å². The Labute approximate surface area is 128 Å². The number of hydrogen-bond donors (Lipinski definition) is 0. The lowest BCUT2D eigenvalue weighted by Gasteiger charge is -2.44. The smallest absolute Gasteiger partial charge is 0.371 e. The molecule has 22 heavy (non-hydrogen) atoms. The maximum Gasteiger partial charge on any atom is 0.411 e. The Kier molecular flexibility index (Phi) is 5.86. The summed E-state index contributed by atoms with van der Waals surface area (Å²) in [4.78, 5) is 13.8. The van der Waals surface area contributed by atoms with Gasteiger partial charge in [-0.25, -0.2) is 0 Å². The second-order valence-corrected chi connectivity index (χ2v) is 5.88. The molecule has 7 heteroatoms. The van der Waals surface area contributed by atoms with Crippen LogP contribution in [0.25, 0.3) is 0 Å². The van der Waals surface area contributed by atoms with Crippen molar-refractivity contribution in [2.45, 2.75) is 43.9 Å². The van der Waals surface area contributed by atoms with Crippen molar-refractivity contribution in [3.8, 4) is 0 Å². The van der Waals surface area contributed by atoms with Crippen molar-refractivity contribution in [2.75, 3.05) is 32.9 Å². The van der Waals surface area contributed by atoms with Crippen LogP contribution in [0.15, 0.2) is 12.2 Å². The number of rotatable bonds is 4. The number of halogens is 3. The molecule has 1 spiro atoms. The van der Waals surface area contributed by atoms with E-state index in [1.807, 2.05) is 0 Å². The third-order valence-corrected chi connectivity index (χ3v) is 4.07. The summed E-state index contributed by atoms with van der Waals surface area (Å²) in [6, 6.07) is 0. The van der Waals surface area contributed by atoms with Crippen LogP contribution in [0.2, 0.25) is 0 Å². The number of alkyl halides is 3. The zero-order valence-electron chi connectivity index (χ0n) is 12.5. The zero-order valence-corrected chi connectivity index (χ0v) is 12.5. The van der Waals surface area contributed by atoms with Crippen LogP contribution in [-0.2, 0) is 14.3 Å². The van der Waals surface area contributed by atoms with Gasteiger partial charge in [-0.1, -0.05) is 25.3 Å². The molecule has 1 heterocycles. The maximum absolute atomic E-state index is 12.1. The number of nitrogens with zero attached hydrogens (tertiary/aromatic N) is 1. The number of carbonyl (C=O) groups excluding carboxylic acids is 1. The van der Waals surface area contributed by atoms with Gasteiger partial charge in [-0.05, 0) is 12.8 Å². The molecule has 1 saturated heterocycles. The molecule has 0 atom stereocenters. The molecule has 2 fully saturated rings.